The number of piperidine rings is 1. The average Bonchev–Trinajstić information content (AvgIpc) is 2.46. The molecule has 1 heteroatoms. The smallest absolute Gasteiger partial charge is 0.0409 e. The van der Waals surface area contributed by atoms with E-state index in [0.29, 0.717) is 0 Å². The first kappa shape index (κ1) is 6.10. The molecule has 0 saturated heterocycles. The summed E-state index contributed by atoms with van der Waals surface area (Å²) in [5.74, 6) is 0. The fraction of sp³-hybridized carbons (Fsp3) is 0.800. The van der Waals surface area contributed by atoms with E-state index < -0.39 is 0 Å². The van der Waals surface area contributed by atoms with Crippen molar-refractivity contribution in [3.05, 3.63) is 11.3 Å². The lowest BCUT2D eigenvalue weighted by Gasteiger charge is -2.49. The molecule has 3 aliphatic rings. The lowest BCUT2D eigenvalue weighted by Crippen LogP contribution is -2.46. The molecule has 0 aromatic carbocycles. The van der Waals surface area contributed by atoms with Crippen LogP contribution in [0.4, 0.5) is 0 Å². The van der Waals surface area contributed by atoms with Crippen LogP contribution < -0.4 is 0 Å². The number of hydrogen-bond donors (Lipinski definition) is 0. The van der Waals surface area contributed by atoms with Crippen molar-refractivity contribution in [2.75, 3.05) is 6.54 Å². The second-order valence-corrected chi connectivity index (χ2v) is 4.12. The number of hydrogen-bond acceptors (Lipinski definition) is 1. The van der Waals surface area contributed by atoms with Gasteiger partial charge in [-0.2, -0.15) is 0 Å². The average molecular weight is 149 g/mol. The maximum atomic E-state index is 2.67. The third-order valence-corrected chi connectivity index (χ3v) is 3.55. The van der Waals surface area contributed by atoms with Gasteiger partial charge in [0, 0.05) is 18.3 Å². The summed E-state index contributed by atoms with van der Waals surface area (Å²) in [5.41, 5.74) is 3.51. The van der Waals surface area contributed by atoms with Gasteiger partial charge in [0.05, 0.1) is 0 Å². The third-order valence-electron chi connectivity index (χ3n) is 3.55. The van der Waals surface area contributed by atoms with Crippen LogP contribution in [-0.2, 0) is 0 Å². The van der Waals surface area contributed by atoms with Gasteiger partial charge in [-0.05, 0) is 31.3 Å². The molecule has 0 spiro atoms. The van der Waals surface area contributed by atoms with Crippen LogP contribution >= 0.6 is 0 Å². The van der Waals surface area contributed by atoms with Gasteiger partial charge in [-0.1, -0.05) is 12.8 Å². The van der Waals surface area contributed by atoms with E-state index in [0.717, 1.165) is 6.04 Å². The van der Waals surface area contributed by atoms with Crippen molar-refractivity contribution in [2.45, 2.75) is 44.6 Å². The van der Waals surface area contributed by atoms with Crippen LogP contribution in [0.15, 0.2) is 11.3 Å². The SMILES string of the molecule is C1CCC(N2CC3=C2CC3)C1. The second-order valence-electron chi connectivity index (χ2n) is 4.12. The van der Waals surface area contributed by atoms with Gasteiger partial charge < -0.3 is 4.90 Å². The zero-order chi connectivity index (χ0) is 7.26. The Morgan fingerprint density at radius 2 is 1.91 bits per heavy atom. The minimum atomic E-state index is 0.953. The Hall–Kier alpha value is -0.460. The quantitative estimate of drug-likeness (QED) is 0.553. The van der Waals surface area contributed by atoms with E-state index in [4.69, 9.17) is 0 Å². The highest BCUT2D eigenvalue weighted by Gasteiger charge is 2.37. The van der Waals surface area contributed by atoms with Crippen molar-refractivity contribution >= 4 is 0 Å². The van der Waals surface area contributed by atoms with Gasteiger partial charge in [0.1, 0.15) is 0 Å². The maximum absolute atomic E-state index is 2.67. The Bertz CT molecular complexity index is 211. The van der Waals surface area contributed by atoms with Crippen molar-refractivity contribution in [1.82, 2.24) is 4.90 Å². The Morgan fingerprint density at radius 1 is 1.09 bits per heavy atom. The van der Waals surface area contributed by atoms with Gasteiger partial charge in [0.2, 0.25) is 0 Å². The summed E-state index contributed by atoms with van der Waals surface area (Å²) in [5, 5.41) is 0. The van der Waals surface area contributed by atoms with Crippen molar-refractivity contribution in [2.24, 2.45) is 0 Å². The first-order valence-electron chi connectivity index (χ1n) is 4.93. The van der Waals surface area contributed by atoms with Crippen LogP contribution in [-0.4, -0.2) is 17.5 Å². The van der Waals surface area contributed by atoms with E-state index >= 15 is 0 Å². The summed E-state index contributed by atoms with van der Waals surface area (Å²) in [7, 11) is 0. The molecule has 60 valence electrons. The number of nitrogens with zero attached hydrogens (tertiary/aromatic N) is 1. The second kappa shape index (κ2) is 2.02. The van der Waals surface area contributed by atoms with Crippen LogP contribution in [0.25, 0.3) is 0 Å². The van der Waals surface area contributed by atoms with Crippen molar-refractivity contribution in [1.29, 1.82) is 0 Å². The van der Waals surface area contributed by atoms with E-state index in [9.17, 15) is 0 Å². The molecule has 0 unspecified atom stereocenters. The van der Waals surface area contributed by atoms with Gasteiger partial charge in [-0.3, -0.25) is 0 Å². The molecule has 0 N–H and O–H groups in total. The third kappa shape index (κ3) is 0.715. The molecule has 1 aliphatic heterocycles. The molecule has 11 heavy (non-hydrogen) atoms. The highest BCUT2D eigenvalue weighted by Crippen LogP contribution is 2.43. The molecule has 1 saturated carbocycles. The Labute approximate surface area is 68.1 Å². The molecule has 1 heterocycles. The maximum Gasteiger partial charge on any atom is 0.0409 e. The standard InChI is InChI=1S/C10H15N/c1-2-4-9(3-1)11-7-8-5-6-10(8)11/h9H,1-7H2. The molecule has 0 bridgehead atoms. The fourth-order valence-electron chi connectivity index (χ4n) is 2.71. The van der Waals surface area contributed by atoms with Crippen LogP contribution in [0.2, 0.25) is 0 Å². The predicted molar refractivity (Wildman–Crippen MR) is 45.2 cm³/mol. The molecule has 1 fully saturated rings. The molecule has 0 radical (unpaired) electrons. The van der Waals surface area contributed by atoms with Crippen LogP contribution in [0.5, 0.6) is 0 Å². The summed E-state index contributed by atoms with van der Waals surface area (Å²) in [6.45, 7) is 1.33. The van der Waals surface area contributed by atoms with Gasteiger partial charge in [-0.15, -0.1) is 0 Å². The minimum Gasteiger partial charge on any atom is -0.368 e. The zero-order valence-electron chi connectivity index (χ0n) is 6.97. The Balaban J connectivity index is 1.73. The van der Waals surface area contributed by atoms with E-state index in [2.05, 4.69) is 4.90 Å². The van der Waals surface area contributed by atoms with Crippen LogP contribution in [0, 0.1) is 0 Å². The molecule has 2 aliphatic carbocycles. The van der Waals surface area contributed by atoms with E-state index in [1.807, 2.05) is 0 Å². The predicted octanol–water partition coefficient (Wildman–Crippen LogP) is 2.29. The normalized spacial score (nSPS) is 30.0. The minimum absolute atomic E-state index is 0.953. The number of likely N-dealkylation sites (tertiary alicyclic amines) is 1. The summed E-state index contributed by atoms with van der Waals surface area (Å²) >= 11 is 0. The molecule has 0 aromatic rings. The Morgan fingerprint density at radius 3 is 2.36 bits per heavy atom. The van der Waals surface area contributed by atoms with E-state index in [-0.39, 0.29) is 0 Å². The molecule has 0 atom stereocenters. The first-order valence-corrected chi connectivity index (χ1v) is 4.93. The first-order chi connectivity index (χ1) is 5.45. The summed E-state index contributed by atoms with van der Waals surface area (Å²) < 4.78 is 0. The summed E-state index contributed by atoms with van der Waals surface area (Å²) in [6, 6.07) is 0.953. The zero-order valence-corrected chi connectivity index (χ0v) is 6.97. The lowest BCUT2D eigenvalue weighted by atomic mass is 9.84. The van der Waals surface area contributed by atoms with Crippen molar-refractivity contribution in [3.63, 3.8) is 0 Å². The molecule has 3 rings (SSSR count). The van der Waals surface area contributed by atoms with Crippen molar-refractivity contribution in [3.8, 4) is 0 Å². The van der Waals surface area contributed by atoms with Gasteiger partial charge in [0.15, 0.2) is 0 Å². The Kier molecular flexibility index (Phi) is 1.12. The lowest BCUT2D eigenvalue weighted by molar-refractivity contribution is 0.192. The molecule has 1 nitrogen and oxygen atoms in total. The monoisotopic (exact) mass is 149 g/mol. The summed E-state index contributed by atoms with van der Waals surface area (Å²) in [6.07, 6.45) is 8.70. The van der Waals surface area contributed by atoms with Gasteiger partial charge in [-0.25, -0.2) is 0 Å². The fourth-order valence-corrected chi connectivity index (χ4v) is 2.71. The molecule has 0 aromatic heterocycles. The largest absolute Gasteiger partial charge is 0.368 e. The number of rotatable bonds is 1. The molecule has 0 amide bonds. The highest BCUT2D eigenvalue weighted by molar-refractivity contribution is 5.34. The molecular weight excluding hydrogens is 134 g/mol. The van der Waals surface area contributed by atoms with Gasteiger partial charge >= 0.3 is 0 Å². The van der Waals surface area contributed by atoms with Crippen molar-refractivity contribution < 1.29 is 0 Å². The van der Waals surface area contributed by atoms with Crippen LogP contribution in [0.3, 0.4) is 0 Å². The topological polar surface area (TPSA) is 3.24 Å². The van der Waals surface area contributed by atoms with E-state index in [1.165, 1.54) is 45.1 Å². The molecular formula is C10H15N. The summed E-state index contributed by atoms with van der Waals surface area (Å²) in [4.78, 5) is 2.67. The van der Waals surface area contributed by atoms with E-state index in [1.54, 1.807) is 11.3 Å². The van der Waals surface area contributed by atoms with Gasteiger partial charge in [0.25, 0.3) is 0 Å². The highest BCUT2D eigenvalue weighted by atomic mass is 15.2. The van der Waals surface area contributed by atoms with Crippen LogP contribution in [0.1, 0.15) is 38.5 Å². The number of allylic oxidation sites excluding steroid dienone is 1.